The van der Waals surface area contributed by atoms with Crippen LogP contribution in [0.25, 0.3) is 0 Å². The van der Waals surface area contributed by atoms with E-state index in [0.29, 0.717) is 0 Å². The highest BCUT2D eigenvalue weighted by molar-refractivity contribution is 6.12. The molecule has 1 aromatic heterocycles. The van der Waals surface area contributed by atoms with Crippen molar-refractivity contribution in [3.05, 3.63) is 17.0 Å². The Morgan fingerprint density at radius 1 is 1.00 bits per heavy atom. The number of carbonyl (C=O) groups is 3. The van der Waals surface area contributed by atoms with Gasteiger partial charge in [-0.1, -0.05) is 13.8 Å². The predicted molar refractivity (Wildman–Crippen MR) is 68.3 cm³/mol. The van der Waals surface area contributed by atoms with Crippen LogP contribution in [-0.4, -0.2) is 41.9 Å². The summed E-state index contributed by atoms with van der Waals surface area (Å²) in [6.45, 7) is 3.22. The molecule has 0 spiro atoms. The van der Waals surface area contributed by atoms with Crippen LogP contribution >= 0.6 is 0 Å². The second kappa shape index (κ2) is 6.09. The fourth-order valence-corrected chi connectivity index (χ4v) is 1.49. The lowest BCUT2D eigenvalue weighted by atomic mass is 9.97. The van der Waals surface area contributed by atoms with E-state index in [-0.39, 0.29) is 22.9 Å². The van der Waals surface area contributed by atoms with Crippen molar-refractivity contribution in [2.75, 3.05) is 20.0 Å². The first-order chi connectivity index (χ1) is 9.33. The van der Waals surface area contributed by atoms with Gasteiger partial charge in [-0.05, 0) is 0 Å². The van der Waals surface area contributed by atoms with Gasteiger partial charge in [0.1, 0.15) is 0 Å². The van der Waals surface area contributed by atoms with E-state index in [1.54, 1.807) is 13.8 Å². The number of nitrogen functional groups attached to an aromatic ring is 1. The molecule has 1 aromatic rings. The first-order valence-electron chi connectivity index (χ1n) is 5.71. The van der Waals surface area contributed by atoms with Gasteiger partial charge in [0.25, 0.3) is 0 Å². The molecule has 0 aliphatic heterocycles. The van der Waals surface area contributed by atoms with E-state index in [1.807, 2.05) is 0 Å². The summed E-state index contributed by atoms with van der Waals surface area (Å²) in [5.74, 6) is -3.05. The summed E-state index contributed by atoms with van der Waals surface area (Å²) in [5.41, 5.74) is 4.50. The first kappa shape index (κ1) is 15.5. The third-order valence-electron chi connectivity index (χ3n) is 2.45. The van der Waals surface area contributed by atoms with Crippen molar-refractivity contribution in [3.63, 3.8) is 0 Å². The van der Waals surface area contributed by atoms with Crippen molar-refractivity contribution in [1.29, 1.82) is 0 Å². The second-order valence-electron chi connectivity index (χ2n) is 4.16. The Morgan fingerprint density at radius 3 is 1.70 bits per heavy atom. The van der Waals surface area contributed by atoms with E-state index in [9.17, 15) is 14.4 Å². The maximum atomic E-state index is 12.2. The number of hydrogen-bond donors (Lipinski definition) is 1. The van der Waals surface area contributed by atoms with Crippen LogP contribution in [0.2, 0.25) is 0 Å². The summed E-state index contributed by atoms with van der Waals surface area (Å²) in [6.07, 6.45) is 0. The number of ketones is 1. The van der Waals surface area contributed by atoms with Gasteiger partial charge >= 0.3 is 11.9 Å². The molecule has 20 heavy (non-hydrogen) atoms. The molecule has 8 heteroatoms. The van der Waals surface area contributed by atoms with Gasteiger partial charge in [0.05, 0.1) is 19.8 Å². The Kier molecular flexibility index (Phi) is 4.73. The van der Waals surface area contributed by atoms with E-state index in [0.717, 1.165) is 14.2 Å². The number of rotatable bonds is 4. The van der Waals surface area contributed by atoms with Crippen LogP contribution < -0.4 is 5.73 Å². The van der Waals surface area contributed by atoms with Gasteiger partial charge in [-0.15, -0.1) is 0 Å². The number of ether oxygens (including phenoxy) is 2. The minimum absolute atomic E-state index is 0.243. The van der Waals surface area contributed by atoms with Crippen molar-refractivity contribution in [2.24, 2.45) is 5.92 Å². The molecule has 2 N–H and O–H groups in total. The van der Waals surface area contributed by atoms with E-state index in [2.05, 4.69) is 19.4 Å². The molecule has 0 saturated carbocycles. The van der Waals surface area contributed by atoms with Crippen molar-refractivity contribution < 1.29 is 23.9 Å². The molecule has 0 amide bonds. The van der Waals surface area contributed by atoms with Crippen LogP contribution in [0.1, 0.15) is 45.2 Å². The predicted octanol–water partition coefficient (Wildman–Crippen LogP) is 0.471. The highest BCUT2D eigenvalue weighted by Gasteiger charge is 2.30. The molecule has 108 valence electrons. The van der Waals surface area contributed by atoms with Crippen LogP contribution in [0, 0.1) is 5.92 Å². The maximum absolute atomic E-state index is 12.2. The van der Waals surface area contributed by atoms with Crippen molar-refractivity contribution in [3.8, 4) is 0 Å². The molecule has 0 unspecified atom stereocenters. The molecule has 0 saturated heterocycles. The molecule has 0 aromatic carbocycles. The minimum Gasteiger partial charge on any atom is -0.464 e. The van der Waals surface area contributed by atoms with Crippen molar-refractivity contribution >= 4 is 23.7 Å². The number of nitrogens with two attached hydrogens (primary N) is 1. The molecular formula is C12H15N3O5. The lowest BCUT2D eigenvalue weighted by Crippen LogP contribution is -2.24. The average molecular weight is 281 g/mol. The molecule has 0 radical (unpaired) electrons. The summed E-state index contributed by atoms with van der Waals surface area (Å²) in [4.78, 5) is 43.0. The van der Waals surface area contributed by atoms with Crippen molar-refractivity contribution in [2.45, 2.75) is 13.8 Å². The highest BCUT2D eigenvalue weighted by Crippen LogP contribution is 2.19. The quantitative estimate of drug-likeness (QED) is 0.624. The van der Waals surface area contributed by atoms with Gasteiger partial charge in [-0.2, -0.15) is 0 Å². The smallest absolute Gasteiger partial charge is 0.357 e. The Labute approximate surface area is 115 Å². The third kappa shape index (κ3) is 2.90. The summed E-state index contributed by atoms with van der Waals surface area (Å²) in [7, 11) is 2.25. The van der Waals surface area contributed by atoms with E-state index < -0.39 is 23.6 Å². The number of methoxy groups -OCH3 is 2. The van der Waals surface area contributed by atoms with E-state index in [4.69, 9.17) is 5.73 Å². The number of aromatic nitrogens is 2. The largest absolute Gasteiger partial charge is 0.464 e. The SMILES string of the molecule is COC(=O)c1nc(N)nc(C(=O)OC)c1C(=O)C(C)C. The fourth-order valence-electron chi connectivity index (χ4n) is 1.49. The Bertz CT molecular complexity index is 531. The van der Waals surface area contributed by atoms with E-state index in [1.165, 1.54) is 0 Å². The fraction of sp³-hybridized carbons (Fsp3) is 0.417. The molecule has 1 rings (SSSR count). The lowest BCUT2D eigenvalue weighted by Gasteiger charge is -2.12. The van der Waals surface area contributed by atoms with Crippen LogP contribution in [-0.2, 0) is 9.47 Å². The van der Waals surface area contributed by atoms with Gasteiger partial charge in [-0.3, -0.25) is 4.79 Å². The Hall–Kier alpha value is -2.51. The van der Waals surface area contributed by atoms with Crippen LogP contribution in [0.3, 0.4) is 0 Å². The second-order valence-corrected chi connectivity index (χ2v) is 4.16. The number of hydrogen-bond acceptors (Lipinski definition) is 8. The normalized spacial score (nSPS) is 10.2. The maximum Gasteiger partial charge on any atom is 0.357 e. The van der Waals surface area contributed by atoms with Gasteiger partial charge in [0, 0.05) is 5.92 Å². The molecular weight excluding hydrogens is 266 g/mol. The summed E-state index contributed by atoms with van der Waals surface area (Å²) >= 11 is 0. The highest BCUT2D eigenvalue weighted by atomic mass is 16.5. The molecule has 8 nitrogen and oxygen atoms in total. The number of anilines is 1. The standard InChI is InChI=1S/C12H15N3O5/c1-5(2)9(16)6-7(10(17)19-3)14-12(13)15-8(6)11(18)20-4/h5H,1-4H3,(H2,13,14,15). The van der Waals surface area contributed by atoms with Crippen molar-refractivity contribution in [1.82, 2.24) is 9.97 Å². The summed E-state index contributed by atoms with van der Waals surface area (Å²) in [5, 5.41) is 0. The summed E-state index contributed by atoms with van der Waals surface area (Å²) in [6, 6.07) is 0. The minimum atomic E-state index is -0.881. The molecule has 0 bridgehead atoms. The van der Waals surface area contributed by atoms with Gasteiger partial charge in [0.2, 0.25) is 5.95 Å². The Morgan fingerprint density at radius 2 is 1.40 bits per heavy atom. The zero-order valence-corrected chi connectivity index (χ0v) is 11.6. The topological polar surface area (TPSA) is 121 Å². The zero-order chi connectivity index (χ0) is 15.4. The van der Waals surface area contributed by atoms with Gasteiger partial charge < -0.3 is 15.2 Å². The summed E-state index contributed by atoms with van der Waals surface area (Å²) < 4.78 is 9.08. The monoisotopic (exact) mass is 281 g/mol. The molecule has 0 atom stereocenters. The number of carbonyl (C=O) groups excluding carboxylic acids is 3. The van der Waals surface area contributed by atoms with Gasteiger partial charge in [0.15, 0.2) is 17.2 Å². The number of Topliss-reactive ketones (excluding diaryl/α,β-unsaturated/α-hetero) is 1. The van der Waals surface area contributed by atoms with Crippen LogP contribution in [0.5, 0.6) is 0 Å². The van der Waals surface area contributed by atoms with Crippen LogP contribution in [0.15, 0.2) is 0 Å². The van der Waals surface area contributed by atoms with Crippen LogP contribution in [0.4, 0.5) is 5.95 Å². The number of esters is 2. The average Bonchev–Trinajstić information content (AvgIpc) is 2.43. The molecule has 0 aliphatic rings. The lowest BCUT2D eigenvalue weighted by molar-refractivity contribution is 0.0581. The van der Waals surface area contributed by atoms with E-state index >= 15 is 0 Å². The zero-order valence-electron chi connectivity index (χ0n) is 11.6. The molecule has 0 fully saturated rings. The first-order valence-corrected chi connectivity index (χ1v) is 5.71. The molecule has 1 heterocycles. The third-order valence-corrected chi connectivity index (χ3v) is 2.45. The van der Waals surface area contributed by atoms with Gasteiger partial charge in [-0.25, -0.2) is 19.6 Å². The Balaban J connectivity index is 3.66. The molecule has 0 aliphatic carbocycles. The number of nitrogens with zero attached hydrogens (tertiary/aromatic N) is 2.